The van der Waals surface area contributed by atoms with Gasteiger partial charge in [0.25, 0.3) is 0 Å². The van der Waals surface area contributed by atoms with Crippen molar-refractivity contribution in [3.63, 3.8) is 0 Å². The van der Waals surface area contributed by atoms with E-state index in [0.717, 1.165) is 0 Å². The molecule has 0 bridgehead atoms. The van der Waals surface area contributed by atoms with Crippen LogP contribution in [0.2, 0.25) is 0 Å². The van der Waals surface area contributed by atoms with E-state index in [4.69, 9.17) is 14.2 Å². The van der Waals surface area contributed by atoms with Gasteiger partial charge in [-0.2, -0.15) is 0 Å². The highest BCUT2D eigenvalue weighted by Gasteiger charge is 2.69. The Morgan fingerprint density at radius 2 is 1.81 bits per heavy atom. The first-order valence-corrected chi connectivity index (χ1v) is 14.6. The maximum Gasteiger partial charge on any atom is 0.340 e. The summed E-state index contributed by atoms with van der Waals surface area (Å²) in [6.45, 7) is 15.4. The van der Waals surface area contributed by atoms with Crippen LogP contribution in [-0.4, -0.2) is 63.0 Å². The summed E-state index contributed by atoms with van der Waals surface area (Å²) < 4.78 is 17.6. The zero-order valence-electron chi connectivity index (χ0n) is 26.0. The molecule has 10 heteroatoms. The summed E-state index contributed by atoms with van der Waals surface area (Å²) in [4.78, 5) is 70.2. The first-order chi connectivity index (χ1) is 19.9. The number of Topliss-reactive ketones (excluding diaryl/α,β-unsaturated/α-hetero) is 2. The molecule has 43 heavy (non-hydrogen) atoms. The Balaban J connectivity index is 2.25. The van der Waals surface area contributed by atoms with Crippen LogP contribution in [0, 0.1) is 23.2 Å². The third-order valence-corrected chi connectivity index (χ3v) is 8.21. The van der Waals surface area contributed by atoms with Gasteiger partial charge in [-0.15, -0.1) is 0 Å². The number of pyridine rings is 1. The van der Waals surface area contributed by atoms with Crippen molar-refractivity contribution in [1.82, 2.24) is 4.98 Å². The molecule has 1 saturated carbocycles. The van der Waals surface area contributed by atoms with Crippen LogP contribution < -0.4 is 0 Å². The number of ether oxygens (including phenoxy) is 3. The minimum atomic E-state index is -2.30. The van der Waals surface area contributed by atoms with Crippen molar-refractivity contribution in [1.29, 1.82) is 0 Å². The lowest BCUT2D eigenvalue weighted by atomic mass is 9.74. The Labute approximate surface area is 252 Å². The molecule has 0 aliphatic heterocycles. The van der Waals surface area contributed by atoms with Crippen molar-refractivity contribution in [3.05, 3.63) is 54.4 Å². The van der Waals surface area contributed by atoms with Crippen LogP contribution in [-0.2, 0) is 33.4 Å². The number of aliphatic hydroxyl groups is 1. The molecular weight excluding hydrogens is 554 g/mol. The SMILES string of the molecule is C=C1CCC(=O)C(C)(C)C=C[C@H](C)C(=O)[C@]2(O)C[C@](C)(OC(=O)c3cccnc3)[C@@H](OC(=O)CC(C)C)[C@H]2[C@@H]1OC(C)=O. The average molecular weight is 598 g/mol. The van der Waals surface area contributed by atoms with Gasteiger partial charge in [-0.25, -0.2) is 4.79 Å². The van der Waals surface area contributed by atoms with Crippen LogP contribution in [0.15, 0.2) is 48.8 Å². The number of fused-ring (bicyclic) bond motifs is 1. The maximum atomic E-state index is 14.2. The molecule has 2 aliphatic rings. The second-order valence-corrected chi connectivity index (χ2v) is 12.9. The number of hydrogen-bond acceptors (Lipinski definition) is 10. The second kappa shape index (κ2) is 12.9. The molecule has 0 aromatic carbocycles. The van der Waals surface area contributed by atoms with Crippen molar-refractivity contribution in [2.45, 2.75) is 97.6 Å². The number of allylic oxidation sites excluding steroid dienone is 2. The smallest absolute Gasteiger partial charge is 0.340 e. The Hall–Kier alpha value is -3.66. The lowest BCUT2D eigenvalue weighted by Gasteiger charge is -2.39. The second-order valence-electron chi connectivity index (χ2n) is 12.9. The Bertz CT molecular complexity index is 1300. The largest absolute Gasteiger partial charge is 0.457 e. The van der Waals surface area contributed by atoms with Crippen molar-refractivity contribution in [2.24, 2.45) is 23.2 Å². The quantitative estimate of drug-likeness (QED) is 0.285. The molecule has 10 nitrogen and oxygen atoms in total. The third kappa shape index (κ3) is 7.47. The Morgan fingerprint density at radius 3 is 2.40 bits per heavy atom. The van der Waals surface area contributed by atoms with Gasteiger partial charge in [0.05, 0.1) is 11.5 Å². The molecular formula is C33H43NO9. The summed E-state index contributed by atoms with van der Waals surface area (Å²) in [7, 11) is 0. The number of hydrogen-bond donors (Lipinski definition) is 1. The van der Waals surface area contributed by atoms with E-state index in [-0.39, 0.29) is 42.1 Å². The van der Waals surface area contributed by atoms with Gasteiger partial charge < -0.3 is 19.3 Å². The van der Waals surface area contributed by atoms with Crippen molar-refractivity contribution >= 4 is 29.5 Å². The van der Waals surface area contributed by atoms with Gasteiger partial charge in [0, 0.05) is 49.9 Å². The van der Waals surface area contributed by atoms with Gasteiger partial charge in [-0.3, -0.25) is 24.2 Å². The molecule has 0 spiro atoms. The number of esters is 3. The van der Waals surface area contributed by atoms with Gasteiger partial charge in [-0.05, 0) is 50.8 Å². The molecule has 6 atom stereocenters. The normalized spacial score (nSPS) is 31.0. The van der Waals surface area contributed by atoms with Gasteiger partial charge in [0.2, 0.25) is 0 Å². The number of aromatic nitrogens is 1. The molecule has 1 aromatic rings. The number of ketones is 2. The third-order valence-electron chi connectivity index (χ3n) is 8.21. The maximum absolute atomic E-state index is 14.2. The number of nitrogens with zero attached hydrogens (tertiary/aromatic N) is 1. The molecule has 3 rings (SSSR count). The van der Waals surface area contributed by atoms with Crippen LogP contribution in [0.5, 0.6) is 0 Å². The fourth-order valence-corrected chi connectivity index (χ4v) is 5.90. The van der Waals surface area contributed by atoms with E-state index in [0.29, 0.717) is 0 Å². The molecule has 2 aliphatic carbocycles. The van der Waals surface area contributed by atoms with Crippen molar-refractivity contribution < 1.29 is 43.3 Å². The van der Waals surface area contributed by atoms with Gasteiger partial charge in [-0.1, -0.05) is 39.5 Å². The molecule has 1 fully saturated rings. The zero-order valence-corrected chi connectivity index (χ0v) is 26.0. The summed E-state index contributed by atoms with van der Waals surface area (Å²) in [6, 6.07) is 3.04. The minimum Gasteiger partial charge on any atom is -0.457 e. The lowest BCUT2D eigenvalue weighted by Crippen LogP contribution is -2.54. The van der Waals surface area contributed by atoms with Gasteiger partial charge in [0.15, 0.2) is 17.5 Å². The molecule has 0 radical (unpaired) electrons. The summed E-state index contributed by atoms with van der Waals surface area (Å²) in [5.41, 5.74) is -4.59. The average Bonchev–Trinajstić information content (AvgIpc) is 3.13. The molecule has 1 heterocycles. The fourth-order valence-electron chi connectivity index (χ4n) is 5.90. The monoisotopic (exact) mass is 597 g/mol. The van der Waals surface area contributed by atoms with Gasteiger partial charge >= 0.3 is 17.9 Å². The summed E-state index contributed by atoms with van der Waals surface area (Å²) in [5.74, 6) is -5.39. The van der Waals surface area contributed by atoms with Crippen LogP contribution in [0.3, 0.4) is 0 Å². The summed E-state index contributed by atoms with van der Waals surface area (Å²) in [5, 5.41) is 12.4. The van der Waals surface area contributed by atoms with E-state index in [1.807, 2.05) is 13.8 Å². The van der Waals surface area contributed by atoms with Crippen LogP contribution in [0.1, 0.15) is 84.5 Å². The summed E-state index contributed by atoms with van der Waals surface area (Å²) in [6.07, 6.45) is 2.88. The highest BCUT2D eigenvalue weighted by molar-refractivity contribution is 5.93. The van der Waals surface area contributed by atoms with Crippen molar-refractivity contribution in [2.75, 3.05) is 0 Å². The Kier molecular flexibility index (Phi) is 10.2. The van der Waals surface area contributed by atoms with E-state index >= 15 is 0 Å². The molecule has 1 aromatic heterocycles. The van der Waals surface area contributed by atoms with E-state index in [9.17, 15) is 29.1 Å². The predicted octanol–water partition coefficient (Wildman–Crippen LogP) is 4.34. The highest BCUT2D eigenvalue weighted by atomic mass is 16.6. The number of carbonyl (C=O) groups is 5. The minimum absolute atomic E-state index is 0.00410. The lowest BCUT2D eigenvalue weighted by molar-refractivity contribution is -0.178. The van der Waals surface area contributed by atoms with Gasteiger partial charge in [0.1, 0.15) is 17.5 Å². The van der Waals surface area contributed by atoms with Crippen LogP contribution in [0.4, 0.5) is 0 Å². The first kappa shape index (κ1) is 33.8. The van der Waals surface area contributed by atoms with E-state index in [1.165, 1.54) is 32.3 Å². The molecule has 0 amide bonds. The number of rotatable bonds is 6. The first-order valence-electron chi connectivity index (χ1n) is 14.6. The molecule has 234 valence electrons. The van der Waals surface area contributed by atoms with Crippen molar-refractivity contribution in [3.8, 4) is 0 Å². The van der Waals surface area contributed by atoms with E-state index < -0.39 is 70.8 Å². The van der Waals surface area contributed by atoms with Crippen LogP contribution >= 0.6 is 0 Å². The van der Waals surface area contributed by atoms with E-state index in [2.05, 4.69) is 11.6 Å². The Morgan fingerprint density at radius 1 is 1.14 bits per heavy atom. The molecule has 0 saturated heterocycles. The standard InChI is InChI=1S/C33H43NO9/c1-19(2)16-25(37)42-29-26-27(41-22(5)35)20(3)11-12-24(36)31(6,7)14-13-21(4)28(38)33(26,40)18-32(29,8)43-30(39)23-10-9-15-34-17-23/h9-10,13-15,17,19,21,26-27,29,40H,3,11-12,16,18H2,1-2,4-8H3/t21-,26+,27+,29-,32-,33-/m0/s1. The van der Waals surface area contributed by atoms with Crippen LogP contribution in [0.25, 0.3) is 0 Å². The number of carbonyl (C=O) groups excluding carboxylic acids is 5. The molecule has 0 unspecified atom stereocenters. The topological polar surface area (TPSA) is 146 Å². The zero-order chi connectivity index (χ0) is 32.3. The highest BCUT2D eigenvalue weighted by Crippen LogP contribution is 2.52. The predicted molar refractivity (Wildman–Crippen MR) is 156 cm³/mol. The van der Waals surface area contributed by atoms with E-state index in [1.54, 1.807) is 39.0 Å². The summed E-state index contributed by atoms with van der Waals surface area (Å²) >= 11 is 0. The molecule has 1 N–H and O–H groups in total. The fraction of sp³-hybridized carbons (Fsp3) is 0.576.